The molecule has 0 saturated heterocycles. The van der Waals surface area contributed by atoms with Gasteiger partial charge in [-0.3, -0.25) is 4.79 Å². The predicted molar refractivity (Wildman–Crippen MR) is 74.1 cm³/mol. The highest BCUT2D eigenvalue weighted by molar-refractivity contribution is 5.78. The third-order valence-electron chi connectivity index (χ3n) is 4.83. The molecular weight excluding hydrogens is 224 g/mol. The highest BCUT2D eigenvalue weighted by Gasteiger charge is 2.27. The summed E-state index contributed by atoms with van der Waals surface area (Å²) in [6.07, 6.45) is 9.49. The van der Waals surface area contributed by atoms with E-state index in [2.05, 4.69) is 12.2 Å². The first-order valence-corrected chi connectivity index (χ1v) is 7.68. The highest BCUT2D eigenvalue weighted by atomic mass is 16.1. The average Bonchev–Trinajstić information content (AvgIpc) is 2.78. The third kappa shape index (κ3) is 3.98. The smallest absolute Gasteiger partial charge is 0.223 e. The molecule has 104 valence electrons. The van der Waals surface area contributed by atoms with Crippen molar-refractivity contribution in [1.29, 1.82) is 0 Å². The van der Waals surface area contributed by atoms with Gasteiger partial charge >= 0.3 is 0 Å². The molecule has 2 aliphatic rings. The molecule has 2 unspecified atom stereocenters. The van der Waals surface area contributed by atoms with Crippen molar-refractivity contribution in [3.8, 4) is 0 Å². The summed E-state index contributed by atoms with van der Waals surface area (Å²) in [4.78, 5) is 11.9. The summed E-state index contributed by atoms with van der Waals surface area (Å²) >= 11 is 0. The zero-order chi connectivity index (χ0) is 13.0. The molecule has 18 heavy (non-hydrogen) atoms. The molecule has 2 aliphatic carbocycles. The molecule has 2 fully saturated rings. The largest absolute Gasteiger partial charge is 0.356 e. The van der Waals surface area contributed by atoms with Gasteiger partial charge < -0.3 is 11.1 Å². The Morgan fingerprint density at radius 2 is 1.89 bits per heavy atom. The van der Waals surface area contributed by atoms with Gasteiger partial charge in [0.2, 0.25) is 5.91 Å². The van der Waals surface area contributed by atoms with E-state index < -0.39 is 0 Å². The van der Waals surface area contributed by atoms with Gasteiger partial charge in [0, 0.05) is 18.5 Å². The lowest BCUT2D eigenvalue weighted by atomic mass is 9.81. The van der Waals surface area contributed by atoms with Crippen LogP contribution in [0.4, 0.5) is 0 Å². The summed E-state index contributed by atoms with van der Waals surface area (Å²) in [7, 11) is 0. The van der Waals surface area contributed by atoms with Crippen LogP contribution in [0.3, 0.4) is 0 Å². The van der Waals surface area contributed by atoms with E-state index in [0.29, 0.717) is 0 Å². The lowest BCUT2D eigenvalue weighted by Crippen LogP contribution is -2.32. The molecule has 3 heteroatoms. The van der Waals surface area contributed by atoms with Gasteiger partial charge in [-0.15, -0.1) is 0 Å². The summed E-state index contributed by atoms with van der Waals surface area (Å²) < 4.78 is 0. The minimum atomic E-state index is 0.186. The zero-order valence-electron chi connectivity index (χ0n) is 11.7. The topological polar surface area (TPSA) is 55.1 Å². The number of hydrogen-bond donors (Lipinski definition) is 2. The van der Waals surface area contributed by atoms with E-state index in [9.17, 15) is 4.79 Å². The van der Waals surface area contributed by atoms with Crippen LogP contribution in [-0.2, 0) is 4.79 Å². The first-order chi connectivity index (χ1) is 8.65. The van der Waals surface area contributed by atoms with Crippen LogP contribution >= 0.6 is 0 Å². The van der Waals surface area contributed by atoms with E-state index in [-0.39, 0.29) is 17.9 Å². The lowest BCUT2D eigenvalue weighted by molar-refractivity contribution is -0.124. The number of carbonyl (C=O) groups is 1. The van der Waals surface area contributed by atoms with E-state index in [1.807, 2.05) is 0 Å². The summed E-state index contributed by atoms with van der Waals surface area (Å²) in [6.45, 7) is 3.21. The molecule has 0 aromatic rings. The number of carbonyl (C=O) groups excluding carboxylic acids is 1. The fraction of sp³-hybridized carbons (Fsp3) is 0.933. The lowest BCUT2D eigenvalue weighted by Gasteiger charge is -2.26. The summed E-state index contributed by atoms with van der Waals surface area (Å²) in [5.74, 6) is 2.18. The fourth-order valence-corrected chi connectivity index (χ4v) is 3.42. The number of amides is 1. The number of rotatable bonds is 4. The van der Waals surface area contributed by atoms with E-state index in [0.717, 1.165) is 44.1 Å². The van der Waals surface area contributed by atoms with Crippen molar-refractivity contribution in [2.75, 3.05) is 6.54 Å². The quantitative estimate of drug-likeness (QED) is 0.807. The van der Waals surface area contributed by atoms with Crippen molar-refractivity contribution >= 4 is 5.91 Å². The molecule has 2 rings (SSSR count). The van der Waals surface area contributed by atoms with Crippen LogP contribution in [0.2, 0.25) is 0 Å². The molecule has 1 amide bonds. The van der Waals surface area contributed by atoms with E-state index >= 15 is 0 Å². The Labute approximate surface area is 111 Å². The number of hydrogen-bond acceptors (Lipinski definition) is 2. The summed E-state index contributed by atoms with van der Waals surface area (Å²) in [5, 5.41) is 3.11. The molecule has 0 aromatic heterocycles. The van der Waals surface area contributed by atoms with Crippen molar-refractivity contribution in [3.63, 3.8) is 0 Å². The molecule has 3 N–H and O–H groups in total. The first-order valence-electron chi connectivity index (χ1n) is 7.68. The fourth-order valence-electron chi connectivity index (χ4n) is 3.42. The number of nitrogens with one attached hydrogen (secondary N) is 1. The third-order valence-corrected chi connectivity index (χ3v) is 4.83. The molecule has 0 aromatic carbocycles. The van der Waals surface area contributed by atoms with E-state index in [1.54, 1.807) is 0 Å². The molecule has 3 nitrogen and oxygen atoms in total. The molecular formula is C15H28N2O. The second-order valence-corrected chi connectivity index (χ2v) is 6.48. The second-order valence-electron chi connectivity index (χ2n) is 6.48. The minimum Gasteiger partial charge on any atom is -0.356 e. The molecule has 0 bridgehead atoms. The van der Waals surface area contributed by atoms with Crippen LogP contribution in [0, 0.1) is 17.8 Å². The van der Waals surface area contributed by atoms with Crippen molar-refractivity contribution in [2.45, 2.75) is 64.3 Å². The van der Waals surface area contributed by atoms with Crippen LogP contribution in [0.1, 0.15) is 58.3 Å². The molecule has 2 atom stereocenters. The second kappa shape index (κ2) is 6.55. The maximum atomic E-state index is 11.9. The van der Waals surface area contributed by atoms with Gasteiger partial charge in [0.15, 0.2) is 0 Å². The van der Waals surface area contributed by atoms with Crippen LogP contribution in [0.5, 0.6) is 0 Å². The van der Waals surface area contributed by atoms with Crippen LogP contribution < -0.4 is 11.1 Å². The van der Waals surface area contributed by atoms with Gasteiger partial charge in [0.25, 0.3) is 0 Å². The average molecular weight is 252 g/mol. The van der Waals surface area contributed by atoms with Crippen LogP contribution in [0.25, 0.3) is 0 Å². The Bertz CT molecular complexity index is 272. The molecule has 0 aliphatic heterocycles. The van der Waals surface area contributed by atoms with Gasteiger partial charge in [0.05, 0.1) is 0 Å². The predicted octanol–water partition coefficient (Wildman–Crippen LogP) is 2.45. The Kier molecular flexibility index (Phi) is 5.04. The van der Waals surface area contributed by atoms with Crippen molar-refractivity contribution in [1.82, 2.24) is 5.32 Å². The Morgan fingerprint density at radius 3 is 2.50 bits per heavy atom. The summed E-state index contributed by atoms with van der Waals surface area (Å²) in [6, 6.07) is 0.251. The van der Waals surface area contributed by atoms with E-state index in [1.165, 1.54) is 25.7 Å². The normalized spacial score (nSPS) is 36.6. The van der Waals surface area contributed by atoms with Gasteiger partial charge in [-0.25, -0.2) is 0 Å². The van der Waals surface area contributed by atoms with Gasteiger partial charge in [0.1, 0.15) is 0 Å². The molecule has 2 saturated carbocycles. The van der Waals surface area contributed by atoms with Crippen LogP contribution in [0.15, 0.2) is 0 Å². The molecule has 0 radical (unpaired) electrons. The number of nitrogens with two attached hydrogens (primary N) is 1. The van der Waals surface area contributed by atoms with Crippen LogP contribution in [-0.4, -0.2) is 18.5 Å². The minimum absolute atomic E-state index is 0.186. The maximum Gasteiger partial charge on any atom is 0.223 e. The Morgan fingerprint density at radius 1 is 1.17 bits per heavy atom. The zero-order valence-corrected chi connectivity index (χ0v) is 11.7. The van der Waals surface area contributed by atoms with Gasteiger partial charge in [-0.2, -0.15) is 0 Å². The summed E-state index contributed by atoms with van der Waals surface area (Å²) in [5.41, 5.74) is 5.84. The van der Waals surface area contributed by atoms with E-state index in [4.69, 9.17) is 5.73 Å². The van der Waals surface area contributed by atoms with Crippen molar-refractivity contribution < 1.29 is 4.79 Å². The SMILES string of the molecule is CC1CCC(CCNC(=O)C2CCC(N)C2)CC1. The Hall–Kier alpha value is -0.570. The van der Waals surface area contributed by atoms with Gasteiger partial charge in [-0.05, 0) is 37.5 Å². The molecule has 0 spiro atoms. The Balaban J connectivity index is 1.59. The van der Waals surface area contributed by atoms with Crippen molar-refractivity contribution in [2.24, 2.45) is 23.5 Å². The van der Waals surface area contributed by atoms with Crippen molar-refractivity contribution in [3.05, 3.63) is 0 Å². The first kappa shape index (κ1) is 13.9. The highest BCUT2D eigenvalue weighted by Crippen LogP contribution is 2.30. The maximum absolute atomic E-state index is 11.9. The monoisotopic (exact) mass is 252 g/mol. The van der Waals surface area contributed by atoms with Gasteiger partial charge in [-0.1, -0.05) is 32.6 Å². The molecule has 0 heterocycles. The standard InChI is InChI=1S/C15H28N2O/c1-11-2-4-12(5-3-11)8-9-17-15(18)13-6-7-14(16)10-13/h11-14H,2-10,16H2,1H3,(H,17,18).